The van der Waals surface area contributed by atoms with Gasteiger partial charge in [-0.1, -0.05) is 11.6 Å². The standard InChI is InChI=1S/C12H13ClN2/c1-8-14-11-5-4-10(13)6-12(11)15(8)7-9-2-3-9/h4-6,9H,2-3,7H2,1H3. The van der Waals surface area contributed by atoms with E-state index in [-0.39, 0.29) is 0 Å². The molecule has 1 saturated carbocycles. The first-order valence-corrected chi connectivity index (χ1v) is 5.74. The van der Waals surface area contributed by atoms with Crippen LogP contribution >= 0.6 is 11.6 Å². The number of fused-ring (bicyclic) bond motifs is 1. The molecule has 0 bridgehead atoms. The van der Waals surface area contributed by atoms with Gasteiger partial charge in [0.15, 0.2) is 0 Å². The molecule has 3 heteroatoms. The van der Waals surface area contributed by atoms with E-state index < -0.39 is 0 Å². The molecule has 1 aromatic carbocycles. The molecule has 0 spiro atoms. The Balaban J connectivity index is 2.15. The normalized spacial score (nSPS) is 16.1. The summed E-state index contributed by atoms with van der Waals surface area (Å²) in [7, 11) is 0. The Kier molecular flexibility index (Phi) is 1.99. The highest BCUT2D eigenvalue weighted by Crippen LogP contribution is 2.32. The largest absolute Gasteiger partial charge is 0.328 e. The molecule has 0 aliphatic heterocycles. The average Bonchev–Trinajstić information content (AvgIpc) is 2.96. The van der Waals surface area contributed by atoms with Gasteiger partial charge in [-0.2, -0.15) is 0 Å². The maximum Gasteiger partial charge on any atom is 0.106 e. The first-order valence-electron chi connectivity index (χ1n) is 5.36. The van der Waals surface area contributed by atoms with E-state index >= 15 is 0 Å². The van der Waals surface area contributed by atoms with Gasteiger partial charge in [0.2, 0.25) is 0 Å². The number of hydrogen-bond donors (Lipinski definition) is 0. The molecular weight excluding hydrogens is 208 g/mol. The van der Waals surface area contributed by atoms with Crippen molar-refractivity contribution in [2.24, 2.45) is 5.92 Å². The molecule has 0 amide bonds. The van der Waals surface area contributed by atoms with E-state index in [4.69, 9.17) is 11.6 Å². The third-order valence-electron chi connectivity index (χ3n) is 3.04. The average molecular weight is 221 g/mol. The number of rotatable bonds is 2. The first kappa shape index (κ1) is 9.22. The summed E-state index contributed by atoms with van der Waals surface area (Å²) in [5.74, 6) is 1.96. The topological polar surface area (TPSA) is 17.8 Å². The lowest BCUT2D eigenvalue weighted by atomic mass is 10.3. The van der Waals surface area contributed by atoms with Crippen molar-refractivity contribution in [3.05, 3.63) is 29.0 Å². The van der Waals surface area contributed by atoms with Crippen molar-refractivity contribution >= 4 is 22.6 Å². The molecular formula is C12H13ClN2. The molecule has 0 N–H and O–H groups in total. The number of benzene rings is 1. The summed E-state index contributed by atoms with van der Waals surface area (Å²) in [6.07, 6.45) is 2.72. The lowest BCUT2D eigenvalue weighted by molar-refractivity contribution is 0.626. The Morgan fingerprint density at radius 1 is 1.47 bits per heavy atom. The van der Waals surface area contributed by atoms with E-state index in [0.717, 1.165) is 28.8 Å². The van der Waals surface area contributed by atoms with Crippen LogP contribution in [-0.4, -0.2) is 9.55 Å². The summed E-state index contributed by atoms with van der Waals surface area (Å²) in [6.45, 7) is 3.17. The Hall–Kier alpha value is -1.02. The maximum absolute atomic E-state index is 6.01. The van der Waals surface area contributed by atoms with E-state index in [9.17, 15) is 0 Å². The minimum absolute atomic E-state index is 0.791. The number of aromatic nitrogens is 2. The van der Waals surface area contributed by atoms with Gasteiger partial charge in [0, 0.05) is 11.6 Å². The smallest absolute Gasteiger partial charge is 0.106 e. The zero-order chi connectivity index (χ0) is 10.4. The number of aryl methyl sites for hydroxylation is 1. The molecule has 3 rings (SSSR count). The summed E-state index contributed by atoms with van der Waals surface area (Å²) in [4.78, 5) is 4.54. The van der Waals surface area contributed by atoms with Crippen LogP contribution in [0.1, 0.15) is 18.7 Å². The molecule has 0 radical (unpaired) electrons. The summed E-state index contributed by atoms with van der Waals surface area (Å²) in [6, 6.07) is 5.91. The predicted octanol–water partition coefficient (Wildman–Crippen LogP) is 3.41. The van der Waals surface area contributed by atoms with Crippen molar-refractivity contribution in [1.82, 2.24) is 9.55 Å². The summed E-state index contributed by atoms with van der Waals surface area (Å²) in [5.41, 5.74) is 2.23. The third kappa shape index (κ3) is 1.63. The Morgan fingerprint density at radius 2 is 2.27 bits per heavy atom. The second-order valence-electron chi connectivity index (χ2n) is 4.35. The second-order valence-corrected chi connectivity index (χ2v) is 4.78. The summed E-state index contributed by atoms with van der Waals surface area (Å²) >= 11 is 6.01. The third-order valence-corrected chi connectivity index (χ3v) is 3.27. The van der Waals surface area contributed by atoms with Crippen LogP contribution in [0, 0.1) is 12.8 Å². The van der Waals surface area contributed by atoms with Gasteiger partial charge in [0.05, 0.1) is 11.0 Å². The molecule has 2 aromatic rings. The van der Waals surface area contributed by atoms with E-state index in [1.165, 1.54) is 18.4 Å². The number of nitrogens with zero attached hydrogens (tertiary/aromatic N) is 2. The highest BCUT2D eigenvalue weighted by Gasteiger charge is 2.23. The molecule has 1 aliphatic rings. The Morgan fingerprint density at radius 3 is 3.00 bits per heavy atom. The van der Waals surface area contributed by atoms with Crippen LogP contribution in [0.3, 0.4) is 0 Å². The predicted molar refractivity (Wildman–Crippen MR) is 62.2 cm³/mol. The molecule has 1 aromatic heterocycles. The van der Waals surface area contributed by atoms with Gasteiger partial charge in [-0.3, -0.25) is 0 Å². The van der Waals surface area contributed by atoms with Gasteiger partial charge in [-0.25, -0.2) is 4.98 Å². The molecule has 1 fully saturated rings. The van der Waals surface area contributed by atoms with Crippen LogP contribution in [0.4, 0.5) is 0 Å². The second kappa shape index (κ2) is 3.24. The fourth-order valence-electron chi connectivity index (χ4n) is 2.01. The fourth-order valence-corrected chi connectivity index (χ4v) is 2.17. The molecule has 0 unspecified atom stereocenters. The Labute approximate surface area is 93.9 Å². The first-order chi connectivity index (χ1) is 7.24. The molecule has 15 heavy (non-hydrogen) atoms. The zero-order valence-corrected chi connectivity index (χ0v) is 9.46. The van der Waals surface area contributed by atoms with Crippen molar-refractivity contribution in [3.63, 3.8) is 0 Å². The molecule has 1 heterocycles. The molecule has 1 aliphatic carbocycles. The molecule has 2 nitrogen and oxygen atoms in total. The van der Waals surface area contributed by atoms with E-state index in [1.54, 1.807) is 0 Å². The summed E-state index contributed by atoms with van der Waals surface area (Å²) in [5, 5.41) is 0.791. The van der Waals surface area contributed by atoms with Crippen LogP contribution in [0.5, 0.6) is 0 Å². The van der Waals surface area contributed by atoms with Crippen molar-refractivity contribution in [2.45, 2.75) is 26.3 Å². The van der Waals surface area contributed by atoms with Gasteiger partial charge >= 0.3 is 0 Å². The monoisotopic (exact) mass is 220 g/mol. The zero-order valence-electron chi connectivity index (χ0n) is 8.70. The highest BCUT2D eigenvalue weighted by molar-refractivity contribution is 6.31. The van der Waals surface area contributed by atoms with Gasteiger partial charge in [-0.15, -0.1) is 0 Å². The van der Waals surface area contributed by atoms with Crippen LogP contribution in [-0.2, 0) is 6.54 Å². The van der Waals surface area contributed by atoms with E-state index in [1.807, 2.05) is 18.2 Å². The number of halogens is 1. The van der Waals surface area contributed by atoms with Crippen molar-refractivity contribution in [1.29, 1.82) is 0 Å². The van der Waals surface area contributed by atoms with E-state index in [0.29, 0.717) is 0 Å². The van der Waals surface area contributed by atoms with Gasteiger partial charge in [-0.05, 0) is 43.9 Å². The van der Waals surface area contributed by atoms with Crippen molar-refractivity contribution in [2.75, 3.05) is 0 Å². The maximum atomic E-state index is 6.01. The van der Waals surface area contributed by atoms with Crippen molar-refractivity contribution < 1.29 is 0 Å². The van der Waals surface area contributed by atoms with Gasteiger partial charge < -0.3 is 4.57 Å². The lowest BCUT2D eigenvalue weighted by Crippen LogP contribution is -2.01. The molecule has 0 saturated heterocycles. The van der Waals surface area contributed by atoms with Crippen LogP contribution in [0.15, 0.2) is 18.2 Å². The quantitative estimate of drug-likeness (QED) is 0.759. The minimum atomic E-state index is 0.791. The van der Waals surface area contributed by atoms with E-state index in [2.05, 4.69) is 16.5 Å². The van der Waals surface area contributed by atoms with Gasteiger partial charge in [0.1, 0.15) is 5.82 Å². The molecule has 78 valence electrons. The SMILES string of the molecule is Cc1nc2ccc(Cl)cc2n1CC1CC1. The highest BCUT2D eigenvalue weighted by atomic mass is 35.5. The van der Waals surface area contributed by atoms with Gasteiger partial charge in [0.25, 0.3) is 0 Å². The number of hydrogen-bond acceptors (Lipinski definition) is 1. The fraction of sp³-hybridized carbons (Fsp3) is 0.417. The minimum Gasteiger partial charge on any atom is -0.328 e. The summed E-state index contributed by atoms with van der Waals surface area (Å²) < 4.78 is 2.29. The molecule has 0 atom stereocenters. The Bertz CT molecular complexity index is 512. The van der Waals surface area contributed by atoms with Crippen LogP contribution < -0.4 is 0 Å². The lowest BCUT2D eigenvalue weighted by Gasteiger charge is -2.04. The van der Waals surface area contributed by atoms with Crippen molar-refractivity contribution in [3.8, 4) is 0 Å². The van der Waals surface area contributed by atoms with Crippen LogP contribution in [0.25, 0.3) is 11.0 Å². The number of imidazole rings is 1. The van der Waals surface area contributed by atoms with Crippen LogP contribution in [0.2, 0.25) is 5.02 Å².